The summed E-state index contributed by atoms with van der Waals surface area (Å²) >= 11 is 0. The van der Waals surface area contributed by atoms with E-state index in [1.807, 2.05) is 12.1 Å². The van der Waals surface area contributed by atoms with Crippen LogP contribution in [0.3, 0.4) is 0 Å². The van der Waals surface area contributed by atoms with E-state index in [2.05, 4.69) is 31.6 Å². The van der Waals surface area contributed by atoms with E-state index in [0.29, 0.717) is 11.7 Å². The molecule has 1 saturated heterocycles. The first kappa shape index (κ1) is 16.3. The van der Waals surface area contributed by atoms with Gasteiger partial charge in [0.25, 0.3) is 0 Å². The Morgan fingerprint density at radius 1 is 1.20 bits per heavy atom. The van der Waals surface area contributed by atoms with Crippen molar-refractivity contribution in [3.63, 3.8) is 0 Å². The molecule has 132 valence electrons. The van der Waals surface area contributed by atoms with Gasteiger partial charge in [-0.1, -0.05) is 6.07 Å². The van der Waals surface area contributed by atoms with Crippen LogP contribution in [0, 0.1) is 0 Å². The van der Waals surface area contributed by atoms with Crippen molar-refractivity contribution in [2.24, 2.45) is 0 Å². The highest BCUT2D eigenvalue weighted by atomic mass is 19.4. The van der Waals surface area contributed by atoms with E-state index in [9.17, 15) is 13.2 Å². The van der Waals surface area contributed by atoms with Crippen LogP contribution in [0.5, 0.6) is 0 Å². The van der Waals surface area contributed by atoms with Gasteiger partial charge in [0.05, 0.1) is 0 Å². The lowest BCUT2D eigenvalue weighted by atomic mass is 9.91. The smallest absolute Gasteiger partial charge is 0.324 e. The number of halogens is 3. The molecule has 0 spiro atoms. The van der Waals surface area contributed by atoms with Crippen molar-refractivity contribution in [1.82, 2.24) is 20.2 Å². The van der Waals surface area contributed by atoms with Crippen LogP contribution < -0.4 is 10.6 Å². The molecule has 0 bridgehead atoms. The largest absolute Gasteiger partial charge is 0.433 e. The van der Waals surface area contributed by atoms with Gasteiger partial charge >= 0.3 is 6.18 Å². The zero-order chi connectivity index (χ0) is 17.4. The van der Waals surface area contributed by atoms with Crippen LogP contribution >= 0.6 is 0 Å². The number of nitrogens with one attached hydrogen (secondary N) is 2. The van der Waals surface area contributed by atoms with Crippen molar-refractivity contribution in [2.75, 3.05) is 31.5 Å². The Hall–Kier alpha value is -2.19. The maximum atomic E-state index is 12.8. The monoisotopic (exact) mass is 349 g/mol. The normalized spacial score (nSPS) is 20.7. The highest BCUT2D eigenvalue weighted by Crippen LogP contribution is 2.33. The van der Waals surface area contributed by atoms with Crippen molar-refractivity contribution >= 4 is 11.6 Å². The van der Waals surface area contributed by atoms with Crippen LogP contribution in [-0.2, 0) is 12.6 Å². The minimum atomic E-state index is -4.48. The first-order valence-corrected chi connectivity index (χ1v) is 8.25. The minimum absolute atomic E-state index is 0.0495. The highest BCUT2D eigenvalue weighted by molar-refractivity contribution is 5.57. The maximum Gasteiger partial charge on any atom is 0.433 e. The zero-order valence-corrected chi connectivity index (χ0v) is 13.5. The molecule has 0 saturated carbocycles. The SMILES string of the molecule is FC(F)(F)c1ccnc(Nc2ccc3c(c2)CCN2CCNCC32)n1. The molecule has 8 heteroatoms. The van der Waals surface area contributed by atoms with E-state index >= 15 is 0 Å². The van der Waals surface area contributed by atoms with E-state index in [1.54, 1.807) is 0 Å². The van der Waals surface area contributed by atoms with Gasteiger partial charge in [-0.2, -0.15) is 13.2 Å². The number of benzene rings is 1. The fraction of sp³-hybridized carbons (Fsp3) is 0.412. The molecule has 1 fully saturated rings. The number of hydrogen-bond acceptors (Lipinski definition) is 5. The Morgan fingerprint density at radius 2 is 2.08 bits per heavy atom. The molecule has 1 aromatic carbocycles. The molecule has 3 heterocycles. The van der Waals surface area contributed by atoms with Crippen LogP contribution in [0.25, 0.3) is 0 Å². The van der Waals surface area contributed by atoms with Gasteiger partial charge in [-0.05, 0) is 35.7 Å². The lowest BCUT2D eigenvalue weighted by Crippen LogP contribution is -2.48. The third-order valence-electron chi connectivity index (χ3n) is 4.73. The molecule has 2 aromatic rings. The third kappa shape index (κ3) is 3.32. The summed E-state index contributed by atoms with van der Waals surface area (Å²) in [5, 5.41) is 6.30. The first-order chi connectivity index (χ1) is 12.0. The number of rotatable bonds is 2. The molecule has 1 atom stereocenters. The van der Waals surface area contributed by atoms with E-state index in [-0.39, 0.29) is 5.95 Å². The molecule has 0 aliphatic carbocycles. The maximum absolute atomic E-state index is 12.8. The van der Waals surface area contributed by atoms with Gasteiger partial charge in [0.2, 0.25) is 5.95 Å². The summed E-state index contributed by atoms with van der Waals surface area (Å²) in [5.41, 5.74) is 2.26. The highest BCUT2D eigenvalue weighted by Gasteiger charge is 2.33. The average Bonchev–Trinajstić information content (AvgIpc) is 2.61. The van der Waals surface area contributed by atoms with Gasteiger partial charge in [0, 0.05) is 44.1 Å². The number of fused-ring (bicyclic) bond motifs is 3. The second-order valence-corrected chi connectivity index (χ2v) is 6.31. The third-order valence-corrected chi connectivity index (χ3v) is 4.73. The fourth-order valence-electron chi connectivity index (χ4n) is 3.52. The molecule has 5 nitrogen and oxygen atoms in total. The number of alkyl halides is 3. The van der Waals surface area contributed by atoms with Gasteiger partial charge in [0.1, 0.15) is 5.69 Å². The van der Waals surface area contributed by atoms with E-state index in [0.717, 1.165) is 44.9 Å². The predicted octanol–water partition coefficient (Wildman–Crippen LogP) is 2.74. The van der Waals surface area contributed by atoms with Gasteiger partial charge in [-0.25, -0.2) is 9.97 Å². The lowest BCUT2D eigenvalue weighted by molar-refractivity contribution is -0.141. The molecule has 1 aromatic heterocycles. The lowest BCUT2D eigenvalue weighted by Gasteiger charge is -2.41. The molecule has 2 aliphatic heterocycles. The summed E-state index contributed by atoms with van der Waals surface area (Å²) in [7, 11) is 0. The molecule has 4 rings (SSSR count). The van der Waals surface area contributed by atoms with Crippen molar-refractivity contribution in [1.29, 1.82) is 0 Å². The second-order valence-electron chi connectivity index (χ2n) is 6.31. The standard InChI is InChI=1S/C17H18F3N5/c18-17(19,20)15-3-5-22-16(24-15)23-12-1-2-13-11(9-12)4-7-25-8-6-21-10-14(13)25/h1-3,5,9,14,21H,4,6-8,10H2,(H,22,23,24). The van der Waals surface area contributed by atoms with Crippen LogP contribution in [0.15, 0.2) is 30.5 Å². The van der Waals surface area contributed by atoms with Crippen LogP contribution in [0.4, 0.5) is 24.8 Å². The van der Waals surface area contributed by atoms with Crippen molar-refractivity contribution in [3.8, 4) is 0 Å². The van der Waals surface area contributed by atoms with E-state index in [1.165, 1.54) is 11.1 Å². The van der Waals surface area contributed by atoms with Crippen molar-refractivity contribution < 1.29 is 13.2 Å². The molecule has 25 heavy (non-hydrogen) atoms. The molecule has 2 aliphatic rings. The van der Waals surface area contributed by atoms with Crippen molar-refractivity contribution in [2.45, 2.75) is 18.6 Å². The molecular weight excluding hydrogens is 331 g/mol. The van der Waals surface area contributed by atoms with Gasteiger partial charge in [0.15, 0.2) is 0 Å². The number of hydrogen-bond donors (Lipinski definition) is 2. The number of piperazine rings is 1. The van der Waals surface area contributed by atoms with Crippen LogP contribution in [-0.4, -0.2) is 41.0 Å². The average molecular weight is 349 g/mol. The quantitative estimate of drug-likeness (QED) is 0.873. The number of nitrogens with zero attached hydrogens (tertiary/aromatic N) is 3. The van der Waals surface area contributed by atoms with E-state index in [4.69, 9.17) is 0 Å². The molecule has 1 unspecified atom stereocenters. The second kappa shape index (κ2) is 6.27. The van der Waals surface area contributed by atoms with Crippen molar-refractivity contribution in [3.05, 3.63) is 47.3 Å². The Morgan fingerprint density at radius 3 is 2.92 bits per heavy atom. The van der Waals surface area contributed by atoms with E-state index < -0.39 is 11.9 Å². The summed E-state index contributed by atoms with van der Waals surface area (Å²) in [4.78, 5) is 9.91. The van der Waals surface area contributed by atoms with Gasteiger partial charge in [-0.15, -0.1) is 0 Å². The summed E-state index contributed by atoms with van der Waals surface area (Å²) in [6.07, 6.45) is -2.43. The van der Waals surface area contributed by atoms with Crippen LogP contribution in [0.2, 0.25) is 0 Å². The van der Waals surface area contributed by atoms with Gasteiger partial charge in [-0.3, -0.25) is 4.90 Å². The minimum Gasteiger partial charge on any atom is -0.324 e. The Balaban J connectivity index is 1.57. The summed E-state index contributed by atoms with van der Waals surface area (Å²) < 4.78 is 38.3. The molecular formula is C17H18F3N5. The Labute approximate surface area is 143 Å². The molecule has 0 amide bonds. The van der Waals surface area contributed by atoms with Gasteiger partial charge < -0.3 is 10.6 Å². The van der Waals surface area contributed by atoms with Crippen LogP contribution in [0.1, 0.15) is 22.9 Å². The first-order valence-electron chi connectivity index (χ1n) is 8.25. The Kier molecular flexibility index (Phi) is 4.09. The number of aromatic nitrogens is 2. The Bertz CT molecular complexity index is 777. The zero-order valence-electron chi connectivity index (χ0n) is 13.5. The topological polar surface area (TPSA) is 53.1 Å². The fourth-order valence-corrected chi connectivity index (χ4v) is 3.52. The molecule has 2 N–H and O–H groups in total. The summed E-state index contributed by atoms with van der Waals surface area (Å²) in [6.45, 7) is 3.99. The predicted molar refractivity (Wildman–Crippen MR) is 87.6 cm³/mol. The summed E-state index contributed by atoms with van der Waals surface area (Å²) in [5.74, 6) is -0.0495. The molecule has 0 radical (unpaired) electrons. The summed E-state index contributed by atoms with van der Waals surface area (Å²) in [6, 6.07) is 7.15. The number of anilines is 2.